The second-order valence-corrected chi connectivity index (χ2v) is 5.50. The van der Waals surface area contributed by atoms with Gasteiger partial charge in [-0.3, -0.25) is 4.98 Å². The highest BCUT2D eigenvalue weighted by Crippen LogP contribution is 2.11. The van der Waals surface area contributed by atoms with Gasteiger partial charge in [0.25, 0.3) is 0 Å². The number of aromatic nitrogens is 2. The van der Waals surface area contributed by atoms with E-state index in [1.165, 1.54) is 0 Å². The molecule has 0 bridgehead atoms. The van der Waals surface area contributed by atoms with Crippen LogP contribution in [0.4, 0.5) is 0 Å². The van der Waals surface area contributed by atoms with Gasteiger partial charge in [-0.25, -0.2) is 17.9 Å². The monoisotopic (exact) mass is 281 g/mol. The van der Waals surface area contributed by atoms with E-state index >= 15 is 0 Å². The number of H-pyrrole nitrogens is 1. The summed E-state index contributed by atoms with van der Waals surface area (Å²) in [4.78, 5) is 16.8. The standard InChI is InChI=1S/C11H11N3O4S/c15-11(16)10-5-9(7-13-10)19(17,18)14-6-8-1-3-12-4-2-8/h1-5,7,13-14H,6H2,(H,15,16). The number of aromatic amines is 1. The molecule has 0 fully saturated rings. The predicted molar refractivity (Wildman–Crippen MR) is 66.0 cm³/mol. The fourth-order valence-corrected chi connectivity index (χ4v) is 2.43. The van der Waals surface area contributed by atoms with Crippen LogP contribution in [0.2, 0.25) is 0 Å². The van der Waals surface area contributed by atoms with Gasteiger partial charge in [0.05, 0.1) is 0 Å². The minimum atomic E-state index is -3.74. The summed E-state index contributed by atoms with van der Waals surface area (Å²) in [5.74, 6) is -1.21. The average Bonchev–Trinajstić information content (AvgIpc) is 2.88. The number of hydrogen-bond donors (Lipinski definition) is 3. The summed E-state index contributed by atoms with van der Waals surface area (Å²) >= 11 is 0. The van der Waals surface area contributed by atoms with E-state index in [4.69, 9.17) is 5.11 Å². The van der Waals surface area contributed by atoms with Gasteiger partial charge >= 0.3 is 5.97 Å². The molecule has 7 nitrogen and oxygen atoms in total. The lowest BCUT2D eigenvalue weighted by atomic mass is 10.3. The van der Waals surface area contributed by atoms with Crippen LogP contribution in [0.15, 0.2) is 41.7 Å². The first-order valence-electron chi connectivity index (χ1n) is 5.29. The van der Waals surface area contributed by atoms with Gasteiger partial charge in [-0.05, 0) is 23.8 Å². The number of carboxylic acid groups (broad SMARTS) is 1. The zero-order valence-electron chi connectivity index (χ0n) is 9.70. The Morgan fingerprint density at radius 2 is 2.05 bits per heavy atom. The third-order valence-corrected chi connectivity index (χ3v) is 3.79. The third kappa shape index (κ3) is 3.18. The first kappa shape index (κ1) is 13.2. The molecule has 8 heteroatoms. The summed E-state index contributed by atoms with van der Waals surface area (Å²) in [5.41, 5.74) is 0.580. The second kappa shape index (κ2) is 5.21. The van der Waals surface area contributed by atoms with Crippen molar-refractivity contribution in [3.63, 3.8) is 0 Å². The maximum atomic E-state index is 11.9. The Kier molecular flexibility index (Phi) is 3.63. The van der Waals surface area contributed by atoms with Crippen molar-refractivity contribution in [2.24, 2.45) is 0 Å². The zero-order chi connectivity index (χ0) is 13.9. The number of rotatable bonds is 5. The van der Waals surface area contributed by atoms with Gasteiger partial charge < -0.3 is 10.1 Å². The fraction of sp³-hybridized carbons (Fsp3) is 0.0909. The van der Waals surface area contributed by atoms with Crippen molar-refractivity contribution < 1.29 is 18.3 Å². The van der Waals surface area contributed by atoms with Crippen LogP contribution < -0.4 is 4.72 Å². The topological polar surface area (TPSA) is 112 Å². The highest BCUT2D eigenvalue weighted by Gasteiger charge is 2.17. The number of nitrogens with zero attached hydrogens (tertiary/aromatic N) is 1. The molecule has 2 aromatic heterocycles. The van der Waals surface area contributed by atoms with E-state index in [0.29, 0.717) is 0 Å². The second-order valence-electron chi connectivity index (χ2n) is 3.73. The normalized spacial score (nSPS) is 11.4. The first-order valence-corrected chi connectivity index (χ1v) is 6.77. The van der Waals surface area contributed by atoms with E-state index in [-0.39, 0.29) is 17.1 Å². The van der Waals surface area contributed by atoms with Crippen molar-refractivity contribution >= 4 is 16.0 Å². The molecule has 2 heterocycles. The van der Waals surface area contributed by atoms with Crippen LogP contribution in [0, 0.1) is 0 Å². The van der Waals surface area contributed by atoms with E-state index in [9.17, 15) is 13.2 Å². The van der Waals surface area contributed by atoms with E-state index in [1.807, 2.05) is 0 Å². The molecule has 0 spiro atoms. The Morgan fingerprint density at radius 1 is 1.37 bits per heavy atom. The molecule has 0 saturated heterocycles. The predicted octanol–water partition coefficient (Wildman–Crippen LogP) is 0.586. The van der Waals surface area contributed by atoms with Gasteiger partial charge in [0.2, 0.25) is 10.0 Å². The minimum Gasteiger partial charge on any atom is -0.477 e. The van der Waals surface area contributed by atoms with Crippen LogP contribution >= 0.6 is 0 Å². The maximum Gasteiger partial charge on any atom is 0.352 e. The van der Waals surface area contributed by atoms with Crippen molar-refractivity contribution in [1.82, 2.24) is 14.7 Å². The summed E-state index contributed by atoms with van der Waals surface area (Å²) in [5, 5.41) is 8.72. The summed E-state index contributed by atoms with van der Waals surface area (Å²) in [6, 6.07) is 4.43. The molecule has 19 heavy (non-hydrogen) atoms. The van der Waals surface area contributed by atoms with Gasteiger partial charge in [0.1, 0.15) is 10.6 Å². The molecular formula is C11H11N3O4S. The molecule has 2 rings (SSSR count). The Hall–Kier alpha value is -2.19. The molecule has 0 atom stereocenters. The van der Waals surface area contributed by atoms with Crippen LogP contribution in [0.5, 0.6) is 0 Å². The van der Waals surface area contributed by atoms with Crippen molar-refractivity contribution in [1.29, 1.82) is 0 Å². The third-order valence-electron chi connectivity index (χ3n) is 2.41. The molecule has 0 aliphatic heterocycles. The Bertz CT molecular complexity index is 679. The number of aromatic carboxylic acids is 1. The Labute approximate surface area is 109 Å². The van der Waals surface area contributed by atoms with Crippen LogP contribution in [0.25, 0.3) is 0 Å². The lowest BCUT2D eigenvalue weighted by Crippen LogP contribution is -2.22. The van der Waals surface area contributed by atoms with E-state index in [0.717, 1.165) is 17.8 Å². The largest absolute Gasteiger partial charge is 0.477 e. The van der Waals surface area contributed by atoms with Gasteiger partial charge in [0, 0.05) is 25.1 Å². The molecule has 0 aliphatic rings. The number of carboxylic acids is 1. The number of hydrogen-bond acceptors (Lipinski definition) is 4. The molecule has 0 aliphatic carbocycles. The lowest BCUT2D eigenvalue weighted by Gasteiger charge is -2.04. The summed E-state index contributed by atoms with van der Waals surface area (Å²) in [6.07, 6.45) is 4.25. The summed E-state index contributed by atoms with van der Waals surface area (Å²) in [6.45, 7) is 0.110. The molecule has 0 amide bonds. The fourth-order valence-electron chi connectivity index (χ4n) is 1.42. The van der Waals surface area contributed by atoms with Crippen LogP contribution in [-0.4, -0.2) is 29.5 Å². The van der Waals surface area contributed by atoms with Gasteiger partial charge in [-0.15, -0.1) is 0 Å². The van der Waals surface area contributed by atoms with Crippen molar-refractivity contribution in [2.45, 2.75) is 11.4 Å². The first-order chi connectivity index (χ1) is 8.99. The molecule has 2 aromatic rings. The van der Waals surface area contributed by atoms with Crippen molar-refractivity contribution in [3.8, 4) is 0 Å². The number of nitrogens with one attached hydrogen (secondary N) is 2. The molecular weight excluding hydrogens is 270 g/mol. The van der Waals surface area contributed by atoms with E-state index in [2.05, 4.69) is 14.7 Å². The summed E-state index contributed by atoms with van der Waals surface area (Å²) in [7, 11) is -3.74. The van der Waals surface area contributed by atoms with Crippen LogP contribution in [0.3, 0.4) is 0 Å². The van der Waals surface area contributed by atoms with Gasteiger partial charge in [0.15, 0.2) is 0 Å². The lowest BCUT2D eigenvalue weighted by molar-refractivity contribution is 0.0691. The van der Waals surface area contributed by atoms with E-state index < -0.39 is 16.0 Å². The number of carbonyl (C=O) groups is 1. The summed E-state index contributed by atoms with van der Waals surface area (Å²) < 4.78 is 26.2. The Balaban J connectivity index is 2.12. The van der Waals surface area contributed by atoms with Gasteiger partial charge in [-0.1, -0.05) is 0 Å². The quantitative estimate of drug-likeness (QED) is 0.742. The van der Waals surface area contributed by atoms with Crippen LogP contribution in [0.1, 0.15) is 16.1 Å². The average molecular weight is 281 g/mol. The molecule has 100 valence electrons. The SMILES string of the molecule is O=C(O)c1cc(S(=O)(=O)NCc2ccncc2)c[nH]1. The molecule has 3 N–H and O–H groups in total. The number of sulfonamides is 1. The van der Waals surface area contributed by atoms with Gasteiger partial charge in [-0.2, -0.15) is 0 Å². The van der Waals surface area contributed by atoms with E-state index in [1.54, 1.807) is 24.5 Å². The smallest absolute Gasteiger partial charge is 0.352 e. The minimum absolute atomic E-state index is 0.110. The molecule has 0 saturated carbocycles. The Morgan fingerprint density at radius 3 is 2.63 bits per heavy atom. The highest BCUT2D eigenvalue weighted by atomic mass is 32.2. The molecule has 0 unspecified atom stereocenters. The van der Waals surface area contributed by atoms with Crippen molar-refractivity contribution in [2.75, 3.05) is 0 Å². The maximum absolute atomic E-state index is 11.9. The molecule has 0 radical (unpaired) electrons. The van der Waals surface area contributed by atoms with Crippen molar-refractivity contribution in [3.05, 3.63) is 48.0 Å². The zero-order valence-corrected chi connectivity index (χ0v) is 10.5. The highest BCUT2D eigenvalue weighted by molar-refractivity contribution is 7.89. The molecule has 0 aromatic carbocycles. The van der Waals surface area contributed by atoms with Crippen LogP contribution in [-0.2, 0) is 16.6 Å². The number of pyridine rings is 1.